The molecule has 0 aliphatic rings. The fraction of sp³-hybridized carbons (Fsp3) is 0.500. The van der Waals surface area contributed by atoms with Crippen molar-refractivity contribution in [3.8, 4) is 0 Å². The summed E-state index contributed by atoms with van der Waals surface area (Å²) in [5.74, 6) is 0.372. The van der Waals surface area contributed by atoms with E-state index in [9.17, 15) is 4.79 Å². The van der Waals surface area contributed by atoms with E-state index in [0.29, 0.717) is 12.5 Å². The molecule has 1 unspecified atom stereocenters. The quantitative estimate of drug-likeness (QED) is 0.823. The second-order valence-corrected chi connectivity index (χ2v) is 4.61. The van der Waals surface area contributed by atoms with E-state index < -0.39 is 0 Å². The highest BCUT2D eigenvalue weighted by Gasteiger charge is 2.14. The zero-order valence-electron chi connectivity index (χ0n) is 10.9. The van der Waals surface area contributed by atoms with Gasteiger partial charge in [-0.2, -0.15) is 0 Å². The van der Waals surface area contributed by atoms with Crippen LogP contribution in [0.25, 0.3) is 0 Å². The minimum atomic E-state index is -0.0993. The molecule has 0 spiro atoms. The maximum atomic E-state index is 11.9. The van der Waals surface area contributed by atoms with Gasteiger partial charge in [-0.05, 0) is 30.0 Å². The minimum Gasteiger partial charge on any atom is -0.330 e. The Morgan fingerprint density at radius 2 is 2.12 bits per heavy atom. The molecule has 0 aliphatic carbocycles. The summed E-state index contributed by atoms with van der Waals surface area (Å²) in [6.45, 7) is 6.64. The second kappa shape index (κ2) is 6.40. The predicted octanol–water partition coefficient (Wildman–Crippen LogP) is 2.73. The Morgan fingerprint density at radius 1 is 1.41 bits per heavy atom. The Hall–Kier alpha value is -1.35. The van der Waals surface area contributed by atoms with Gasteiger partial charge in [-0.25, -0.2) is 0 Å². The number of nitrogens with two attached hydrogens (primary N) is 1. The van der Waals surface area contributed by atoms with Crippen LogP contribution in [-0.4, -0.2) is 12.5 Å². The Balaban J connectivity index is 2.74. The van der Waals surface area contributed by atoms with Crippen molar-refractivity contribution >= 4 is 11.6 Å². The van der Waals surface area contributed by atoms with Crippen LogP contribution in [0.5, 0.6) is 0 Å². The molecule has 17 heavy (non-hydrogen) atoms. The van der Waals surface area contributed by atoms with Crippen LogP contribution in [0, 0.1) is 5.92 Å². The summed E-state index contributed by atoms with van der Waals surface area (Å²) in [5, 5.41) is 2.92. The minimum absolute atomic E-state index is 0.0101. The highest BCUT2D eigenvalue weighted by atomic mass is 16.1. The second-order valence-electron chi connectivity index (χ2n) is 4.61. The van der Waals surface area contributed by atoms with Crippen molar-refractivity contribution in [1.82, 2.24) is 0 Å². The highest BCUT2D eigenvalue weighted by Crippen LogP contribution is 2.19. The average Bonchev–Trinajstić information content (AvgIpc) is 2.30. The van der Waals surface area contributed by atoms with Crippen LogP contribution in [0.2, 0.25) is 0 Å². The van der Waals surface area contributed by atoms with E-state index in [2.05, 4.69) is 25.2 Å². The lowest BCUT2D eigenvalue weighted by molar-refractivity contribution is -0.119. The third-order valence-corrected chi connectivity index (χ3v) is 2.97. The lowest BCUT2D eigenvalue weighted by Crippen LogP contribution is -2.28. The maximum absolute atomic E-state index is 11.9. The standard InChI is InChI=1S/C14H22N2O/c1-4-11(9-15)14(17)16-13-7-5-6-12(8-13)10(2)3/h5-8,10-11H,4,9,15H2,1-3H3,(H,16,17). The van der Waals surface area contributed by atoms with E-state index in [-0.39, 0.29) is 11.8 Å². The van der Waals surface area contributed by atoms with Crippen molar-refractivity contribution in [2.24, 2.45) is 11.7 Å². The van der Waals surface area contributed by atoms with E-state index in [0.717, 1.165) is 12.1 Å². The fourth-order valence-corrected chi connectivity index (χ4v) is 1.68. The van der Waals surface area contributed by atoms with Crippen LogP contribution >= 0.6 is 0 Å². The molecule has 0 aromatic heterocycles. The molecule has 1 atom stereocenters. The van der Waals surface area contributed by atoms with Gasteiger partial charge in [-0.1, -0.05) is 32.9 Å². The summed E-state index contributed by atoms with van der Waals surface area (Å²) in [6, 6.07) is 7.97. The lowest BCUT2D eigenvalue weighted by atomic mass is 10.0. The van der Waals surface area contributed by atoms with E-state index >= 15 is 0 Å². The third-order valence-electron chi connectivity index (χ3n) is 2.97. The van der Waals surface area contributed by atoms with Crippen LogP contribution in [0.15, 0.2) is 24.3 Å². The third kappa shape index (κ3) is 3.86. The molecule has 3 N–H and O–H groups in total. The summed E-state index contributed by atoms with van der Waals surface area (Å²) in [6.07, 6.45) is 0.770. The van der Waals surface area contributed by atoms with Gasteiger partial charge in [0.1, 0.15) is 0 Å². The number of benzene rings is 1. The number of amides is 1. The normalized spacial score (nSPS) is 12.5. The first-order valence-corrected chi connectivity index (χ1v) is 6.19. The molecule has 0 bridgehead atoms. The summed E-state index contributed by atoms with van der Waals surface area (Å²) in [7, 11) is 0. The van der Waals surface area contributed by atoms with Crippen LogP contribution < -0.4 is 11.1 Å². The molecule has 3 nitrogen and oxygen atoms in total. The van der Waals surface area contributed by atoms with Crippen molar-refractivity contribution in [2.45, 2.75) is 33.1 Å². The molecular weight excluding hydrogens is 212 g/mol. The van der Waals surface area contributed by atoms with Crippen molar-refractivity contribution in [2.75, 3.05) is 11.9 Å². The van der Waals surface area contributed by atoms with Gasteiger partial charge in [-0.3, -0.25) is 4.79 Å². The van der Waals surface area contributed by atoms with Gasteiger partial charge in [0.15, 0.2) is 0 Å². The first-order chi connectivity index (χ1) is 8.08. The van der Waals surface area contributed by atoms with Gasteiger partial charge < -0.3 is 11.1 Å². The number of hydrogen-bond donors (Lipinski definition) is 2. The Morgan fingerprint density at radius 3 is 2.65 bits per heavy atom. The predicted molar refractivity (Wildman–Crippen MR) is 72.0 cm³/mol. The summed E-state index contributed by atoms with van der Waals surface area (Å²) >= 11 is 0. The smallest absolute Gasteiger partial charge is 0.228 e. The molecule has 1 rings (SSSR count). The Bertz CT molecular complexity index is 370. The molecular formula is C14H22N2O. The van der Waals surface area contributed by atoms with Crippen LogP contribution in [-0.2, 0) is 4.79 Å². The Labute approximate surface area is 103 Å². The van der Waals surface area contributed by atoms with Gasteiger partial charge in [0, 0.05) is 12.2 Å². The SMILES string of the molecule is CCC(CN)C(=O)Nc1cccc(C(C)C)c1. The van der Waals surface area contributed by atoms with Gasteiger partial charge >= 0.3 is 0 Å². The first kappa shape index (κ1) is 13.7. The van der Waals surface area contributed by atoms with Crippen LogP contribution in [0.3, 0.4) is 0 Å². The van der Waals surface area contributed by atoms with Crippen LogP contribution in [0.1, 0.15) is 38.7 Å². The average molecular weight is 234 g/mol. The molecule has 0 saturated heterocycles. The largest absolute Gasteiger partial charge is 0.330 e. The topological polar surface area (TPSA) is 55.1 Å². The van der Waals surface area contributed by atoms with Crippen molar-refractivity contribution < 1.29 is 4.79 Å². The van der Waals surface area contributed by atoms with Crippen molar-refractivity contribution in [3.63, 3.8) is 0 Å². The maximum Gasteiger partial charge on any atom is 0.228 e. The van der Waals surface area contributed by atoms with Crippen molar-refractivity contribution in [3.05, 3.63) is 29.8 Å². The van der Waals surface area contributed by atoms with Gasteiger partial charge in [0.2, 0.25) is 5.91 Å². The zero-order chi connectivity index (χ0) is 12.8. The van der Waals surface area contributed by atoms with E-state index in [1.807, 2.05) is 25.1 Å². The number of carbonyl (C=O) groups is 1. The molecule has 1 amide bonds. The highest BCUT2D eigenvalue weighted by molar-refractivity contribution is 5.92. The van der Waals surface area contributed by atoms with E-state index in [1.54, 1.807) is 0 Å². The molecule has 3 heteroatoms. The van der Waals surface area contributed by atoms with Gasteiger partial charge in [-0.15, -0.1) is 0 Å². The van der Waals surface area contributed by atoms with Crippen molar-refractivity contribution in [1.29, 1.82) is 0 Å². The number of rotatable bonds is 5. The van der Waals surface area contributed by atoms with E-state index in [4.69, 9.17) is 5.73 Å². The number of anilines is 1. The first-order valence-electron chi connectivity index (χ1n) is 6.19. The summed E-state index contributed by atoms with van der Waals surface area (Å²) in [5.41, 5.74) is 7.64. The molecule has 1 aromatic rings. The number of hydrogen-bond acceptors (Lipinski definition) is 2. The summed E-state index contributed by atoms with van der Waals surface area (Å²) < 4.78 is 0. The fourth-order valence-electron chi connectivity index (χ4n) is 1.68. The molecule has 0 aliphatic heterocycles. The molecule has 1 aromatic carbocycles. The van der Waals surface area contributed by atoms with Crippen LogP contribution in [0.4, 0.5) is 5.69 Å². The zero-order valence-corrected chi connectivity index (χ0v) is 10.9. The lowest BCUT2D eigenvalue weighted by Gasteiger charge is -2.14. The van der Waals surface area contributed by atoms with Gasteiger partial charge in [0.25, 0.3) is 0 Å². The number of carbonyl (C=O) groups excluding carboxylic acids is 1. The molecule has 0 radical (unpaired) electrons. The van der Waals surface area contributed by atoms with E-state index in [1.165, 1.54) is 5.56 Å². The molecule has 94 valence electrons. The summed E-state index contributed by atoms with van der Waals surface area (Å²) in [4.78, 5) is 11.9. The Kier molecular flexibility index (Phi) is 5.16. The monoisotopic (exact) mass is 234 g/mol. The molecule has 0 heterocycles. The van der Waals surface area contributed by atoms with Gasteiger partial charge in [0.05, 0.1) is 5.92 Å². The molecule has 0 saturated carbocycles. The molecule has 0 fully saturated rings. The number of nitrogens with one attached hydrogen (secondary N) is 1.